The fourth-order valence-electron chi connectivity index (χ4n) is 2.36. The van der Waals surface area contributed by atoms with Gasteiger partial charge in [-0.05, 0) is 43.4 Å². The van der Waals surface area contributed by atoms with E-state index in [-0.39, 0.29) is 4.90 Å². The van der Waals surface area contributed by atoms with Crippen LogP contribution < -0.4 is 4.72 Å². The van der Waals surface area contributed by atoms with Gasteiger partial charge in [-0.3, -0.25) is 0 Å². The lowest BCUT2D eigenvalue weighted by Gasteiger charge is -2.25. The van der Waals surface area contributed by atoms with Gasteiger partial charge >= 0.3 is 0 Å². The Bertz CT molecular complexity index is 535. The van der Waals surface area contributed by atoms with Gasteiger partial charge in [-0.2, -0.15) is 0 Å². The van der Waals surface area contributed by atoms with Crippen molar-refractivity contribution in [3.63, 3.8) is 0 Å². The molecule has 0 saturated heterocycles. The predicted molar refractivity (Wildman–Crippen MR) is 76.3 cm³/mol. The van der Waals surface area contributed by atoms with E-state index in [1.54, 1.807) is 0 Å². The molecule has 106 valence electrons. The van der Waals surface area contributed by atoms with Crippen molar-refractivity contribution in [3.8, 4) is 0 Å². The largest absolute Gasteiger partial charge is 0.240 e. The molecule has 0 heterocycles. The van der Waals surface area contributed by atoms with Crippen LogP contribution in [-0.4, -0.2) is 19.8 Å². The topological polar surface area (TPSA) is 46.2 Å². The third kappa shape index (κ3) is 4.26. The summed E-state index contributed by atoms with van der Waals surface area (Å²) in [6, 6.07) is 5.07. The van der Waals surface area contributed by atoms with Gasteiger partial charge in [0.25, 0.3) is 0 Å². The monoisotopic (exact) mass is 349 g/mol. The van der Waals surface area contributed by atoms with Crippen LogP contribution in [0, 0.1) is 11.7 Å². The van der Waals surface area contributed by atoms with E-state index in [0.717, 1.165) is 31.7 Å². The quantitative estimate of drug-likeness (QED) is 0.849. The fourth-order valence-corrected chi connectivity index (χ4v) is 4.36. The number of hydrogen-bond acceptors (Lipinski definition) is 2. The Morgan fingerprint density at radius 2 is 2.16 bits per heavy atom. The lowest BCUT2D eigenvalue weighted by molar-refractivity contribution is 0.368. The zero-order valence-electron chi connectivity index (χ0n) is 10.5. The summed E-state index contributed by atoms with van der Waals surface area (Å²) in [6.45, 7) is 0.418. The summed E-state index contributed by atoms with van der Waals surface area (Å²) in [4.78, 5) is 0.462. The smallest absolute Gasteiger partial charge is 0.211 e. The molecule has 2 unspecified atom stereocenters. The minimum Gasteiger partial charge on any atom is -0.211 e. The van der Waals surface area contributed by atoms with E-state index in [4.69, 9.17) is 0 Å². The molecule has 1 aromatic rings. The van der Waals surface area contributed by atoms with Crippen LogP contribution in [0.2, 0.25) is 0 Å². The molecular weight excluding hydrogens is 333 g/mol. The van der Waals surface area contributed by atoms with Gasteiger partial charge in [0, 0.05) is 11.4 Å². The summed E-state index contributed by atoms with van der Waals surface area (Å²) in [7, 11) is -3.60. The Kier molecular flexibility index (Phi) is 4.97. The first kappa shape index (κ1) is 14.9. The summed E-state index contributed by atoms with van der Waals surface area (Å²) in [5.74, 6) is -0.192. The minimum atomic E-state index is -3.60. The normalized spacial score (nSPS) is 24.3. The SMILES string of the molecule is O=S(=O)(NCC1CCCC(Br)C1)c1cccc(F)c1. The summed E-state index contributed by atoms with van der Waals surface area (Å²) >= 11 is 3.58. The van der Waals surface area contributed by atoms with Gasteiger partial charge in [-0.25, -0.2) is 17.5 Å². The number of sulfonamides is 1. The molecule has 1 N–H and O–H groups in total. The second-order valence-corrected chi connectivity index (χ2v) is 8.00. The van der Waals surface area contributed by atoms with Gasteiger partial charge in [-0.15, -0.1) is 0 Å². The highest BCUT2D eigenvalue weighted by atomic mass is 79.9. The van der Waals surface area contributed by atoms with Crippen LogP contribution >= 0.6 is 15.9 Å². The third-order valence-electron chi connectivity index (χ3n) is 3.39. The fraction of sp³-hybridized carbons (Fsp3) is 0.538. The standard InChI is InChI=1S/C13H17BrFNO2S/c14-11-4-1-3-10(7-11)9-16-19(17,18)13-6-2-5-12(15)8-13/h2,5-6,8,10-11,16H,1,3-4,7,9H2. The molecule has 0 spiro atoms. The zero-order valence-corrected chi connectivity index (χ0v) is 12.9. The number of hydrogen-bond donors (Lipinski definition) is 1. The predicted octanol–water partition coefficient (Wildman–Crippen LogP) is 3.06. The van der Waals surface area contributed by atoms with E-state index in [2.05, 4.69) is 20.7 Å². The molecule has 0 bridgehead atoms. The molecule has 2 rings (SSSR count). The maximum atomic E-state index is 13.0. The first-order valence-corrected chi connectivity index (χ1v) is 8.76. The van der Waals surface area contributed by atoms with Crippen LogP contribution in [0.15, 0.2) is 29.2 Å². The maximum Gasteiger partial charge on any atom is 0.240 e. The van der Waals surface area contributed by atoms with Gasteiger partial charge in [0.1, 0.15) is 5.82 Å². The third-order valence-corrected chi connectivity index (χ3v) is 5.64. The molecule has 2 atom stereocenters. The van der Waals surface area contributed by atoms with Crippen LogP contribution in [0.3, 0.4) is 0 Å². The van der Waals surface area contributed by atoms with Crippen LogP contribution in [0.25, 0.3) is 0 Å². The highest BCUT2D eigenvalue weighted by Crippen LogP contribution is 2.28. The summed E-state index contributed by atoms with van der Waals surface area (Å²) in [5.41, 5.74) is 0. The Labute approximate surface area is 121 Å². The van der Waals surface area contributed by atoms with E-state index < -0.39 is 15.8 Å². The van der Waals surface area contributed by atoms with Crippen LogP contribution in [-0.2, 0) is 10.0 Å². The molecule has 1 aliphatic rings. The van der Waals surface area contributed by atoms with Gasteiger partial charge in [0.2, 0.25) is 10.0 Å². The second kappa shape index (κ2) is 6.33. The first-order chi connectivity index (χ1) is 8.97. The Morgan fingerprint density at radius 1 is 1.37 bits per heavy atom. The Hall–Kier alpha value is -0.460. The molecular formula is C13H17BrFNO2S. The number of nitrogens with one attached hydrogen (secondary N) is 1. The van der Waals surface area contributed by atoms with Crippen molar-refractivity contribution in [2.75, 3.05) is 6.54 Å². The Balaban J connectivity index is 1.98. The molecule has 0 radical (unpaired) electrons. The van der Waals surface area contributed by atoms with Crippen molar-refractivity contribution >= 4 is 26.0 Å². The second-order valence-electron chi connectivity index (χ2n) is 4.94. The molecule has 0 amide bonds. The van der Waals surface area contributed by atoms with Crippen molar-refractivity contribution in [2.45, 2.75) is 35.4 Å². The Morgan fingerprint density at radius 3 is 2.84 bits per heavy atom. The lowest BCUT2D eigenvalue weighted by Crippen LogP contribution is -2.32. The molecule has 3 nitrogen and oxygen atoms in total. The van der Waals surface area contributed by atoms with Gasteiger partial charge < -0.3 is 0 Å². The van der Waals surface area contributed by atoms with Crippen molar-refractivity contribution in [3.05, 3.63) is 30.1 Å². The van der Waals surface area contributed by atoms with Crippen molar-refractivity contribution < 1.29 is 12.8 Å². The molecule has 19 heavy (non-hydrogen) atoms. The highest BCUT2D eigenvalue weighted by molar-refractivity contribution is 9.09. The summed E-state index contributed by atoms with van der Waals surface area (Å²) in [6.07, 6.45) is 4.27. The summed E-state index contributed by atoms with van der Waals surface area (Å²) in [5, 5.41) is 0. The molecule has 1 aromatic carbocycles. The average molecular weight is 350 g/mol. The first-order valence-electron chi connectivity index (χ1n) is 6.36. The van der Waals surface area contributed by atoms with E-state index in [0.29, 0.717) is 17.3 Å². The molecule has 0 aromatic heterocycles. The van der Waals surface area contributed by atoms with Crippen LogP contribution in [0.1, 0.15) is 25.7 Å². The molecule has 0 aliphatic heterocycles. The molecule has 1 aliphatic carbocycles. The van der Waals surface area contributed by atoms with E-state index in [1.165, 1.54) is 18.2 Å². The zero-order chi connectivity index (χ0) is 13.9. The highest BCUT2D eigenvalue weighted by Gasteiger charge is 2.22. The maximum absolute atomic E-state index is 13.0. The summed E-state index contributed by atoms with van der Waals surface area (Å²) < 4.78 is 39.7. The minimum absolute atomic E-state index is 0.0151. The van der Waals surface area contributed by atoms with Gasteiger partial charge in [-0.1, -0.05) is 28.4 Å². The van der Waals surface area contributed by atoms with Gasteiger partial charge in [0.05, 0.1) is 4.90 Å². The number of halogens is 2. The van der Waals surface area contributed by atoms with Crippen molar-refractivity contribution in [1.29, 1.82) is 0 Å². The number of alkyl halides is 1. The number of benzene rings is 1. The van der Waals surface area contributed by atoms with E-state index >= 15 is 0 Å². The number of rotatable bonds is 4. The molecule has 6 heteroatoms. The molecule has 1 saturated carbocycles. The van der Waals surface area contributed by atoms with Crippen LogP contribution in [0.5, 0.6) is 0 Å². The van der Waals surface area contributed by atoms with E-state index in [9.17, 15) is 12.8 Å². The average Bonchev–Trinajstić information content (AvgIpc) is 2.37. The van der Waals surface area contributed by atoms with Crippen molar-refractivity contribution in [2.24, 2.45) is 5.92 Å². The molecule has 1 fully saturated rings. The lowest BCUT2D eigenvalue weighted by atomic mass is 9.89. The van der Waals surface area contributed by atoms with Crippen LogP contribution in [0.4, 0.5) is 4.39 Å². The van der Waals surface area contributed by atoms with Crippen molar-refractivity contribution in [1.82, 2.24) is 4.72 Å². The van der Waals surface area contributed by atoms with Gasteiger partial charge in [0.15, 0.2) is 0 Å². The van der Waals surface area contributed by atoms with E-state index in [1.807, 2.05) is 0 Å².